The maximum Gasteiger partial charge on any atom is 0.276 e. The van der Waals surface area contributed by atoms with Crippen LogP contribution in [-0.4, -0.2) is 32.8 Å². The molecule has 1 heterocycles. The molecule has 0 N–H and O–H groups in total. The molecule has 1 aromatic heterocycles. The lowest BCUT2D eigenvalue weighted by Gasteiger charge is -2.15. The summed E-state index contributed by atoms with van der Waals surface area (Å²) in [7, 11) is 1.66. The van der Waals surface area contributed by atoms with Crippen LogP contribution in [0.15, 0.2) is 48.7 Å². The zero-order chi connectivity index (χ0) is 18.7. The van der Waals surface area contributed by atoms with Gasteiger partial charge in [0.05, 0.1) is 12.7 Å². The van der Waals surface area contributed by atoms with Crippen molar-refractivity contribution in [1.29, 1.82) is 0 Å². The van der Waals surface area contributed by atoms with Crippen molar-refractivity contribution in [3.8, 4) is 0 Å². The molecule has 0 aliphatic heterocycles. The predicted molar refractivity (Wildman–Crippen MR) is 92.5 cm³/mol. The summed E-state index contributed by atoms with van der Waals surface area (Å²) in [6.45, 7) is 2.28. The Morgan fingerprint density at radius 2 is 1.77 bits per heavy atom. The van der Waals surface area contributed by atoms with Gasteiger partial charge in [0.1, 0.15) is 11.6 Å². The van der Waals surface area contributed by atoms with Crippen LogP contribution < -0.4 is 0 Å². The SMILES string of the molecule is Cc1ccc(CN(C)C(=O)c2cn(Cc3c(F)cccc3F)nn2)cc1. The Bertz CT molecular complexity index is 901. The van der Waals surface area contributed by atoms with Crippen LogP contribution in [-0.2, 0) is 13.1 Å². The van der Waals surface area contributed by atoms with Crippen molar-refractivity contribution in [3.05, 3.63) is 82.7 Å². The molecule has 7 heteroatoms. The second-order valence-electron chi connectivity index (χ2n) is 6.15. The highest BCUT2D eigenvalue weighted by Gasteiger charge is 2.17. The largest absolute Gasteiger partial charge is 0.336 e. The van der Waals surface area contributed by atoms with Crippen molar-refractivity contribution < 1.29 is 13.6 Å². The highest BCUT2D eigenvalue weighted by Crippen LogP contribution is 2.14. The normalized spacial score (nSPS) is 10.8. The first-order valence-corrected chi connectivity index (χ1v) is 8.08. The maximum absolute atomic E-state index is 13.7. The van der Waals surface area contributed by atoms with Gasteiger partial charge in [-0.25, -0.2) is 13.5 Å². The van der Waals surface area contributed by atoms with Gasteiger partial charge in [-0.3, -0.25) is 4.79 Å². The third kappa shape index (κ3) is 3.93. The van der Waals surface area contributed by atoms with Crippen molar-refractivity contribution in [2.75, 3.05) is 7.05 Å². The molecule has 0 radical (unpaired) electrons. The van der Waals surface area contributed by atoms with E-state index in [0.29, 0.717) is 6.54 Å². The highest BCUT2D eigenvalue weighted by molar-refractivity contribution is 5.91. The lowest BCUT2D eigenvalue weighted by molar-refractivity contribution is 0.0779. The summed E-state index contributed by atoms with van der Waals surface area (Å²) < 4.78 is 28.7. The fourth-order valence-corrected chi connectivity index (χ4v) is 2.55. The molecule has 0 aliphatic rings. The van der Waals surface area contributed by atoms with Gasteiger partial charge in [-0.1, -0.05) is 41.1 Å². The van der Waals surface area contributed by atoms with Crippen molar-refractivity contribution >= 4 is 5.91 Å². The van der Waals surface area contributed by atoms with Gasteiger partial charge in [0.25, 0.3) is 5.91 Å². The van der Waals surface area contributed by atoms with Gasteiger partial charge in [-0.15, -0.1) is 5.10 Å². The number of hydrogen-bond donors (Lipinski definition) is 0. The molecule has 3 aromatic rings. The zero-order valence-corrected chi connectivity index (χ0v) is 14.5. The summed E-state index contributed by atoms with van der Waals surface area (Å²) in [4.78, 5) is 14.0. The highest BCUT2D eigenvalue weighted by atomic mass is 19.1. The standard InChI is InChI=1S/C19H18F2N4O/c1-13-6-8-14(9-7-13)10-24(2)19(26)18-12-25(23-22-18)11-15-16(20)4-3-5-17(15)21/h3-9,12H,10-11H2,1-2H3. The predicted octanol–water partition coefficient (Wildman–Crippen LogP) is 3.19. The molecule has 0 fully saturated rings. The Kier molecular flexibility index (Phi) is 5.06. The third-order valence-electron chi connectivity index (χ3n) is 4.03. The third-order valence-corrected chi connectivity index (χ3v) is 4.03. The Hall–Kier alpha value is -3.09. The van der Waals surface area contributed by atoms with Crippen LogP contribution in [0.2, 0.25) is 0 Å². The summed E-state index contributed by atoms with van der Waals surface area (Å²) >= 11 is 0. The fraction of sp³-hybridized carbons (Fsp3) is 0.211. The molecule has 0 unspecified atom stereocenters. The maximum atomic E-state index is 13.7. The Labute approximate surface area is 149 Å². The number of rotatable bonds is 5. The molecule has 0 atom stereocenters. The minimum atomic E-state index is -0.662. The van der Waals surface area contributed by atoms with Crippen LogP contribution >= 0.6 is 0 Å². The number of halogens is 2. The zero-order valence-electron chi connectivity index (χ0n) is 14.5. The minimum Gasteiger partial charge on any atom is -0.336 e. The molecule has 26 heavy (non-hydrogen) atoms. The van der Waals surface area contributed by atoms with Gasteiger partial charge in [-0.2, -0.15) is 0 Å². The van der Waals surface area contributed by atoms with E-state index in [-0.39, 0.29) is 23.7 Å². The van der Waals surface area contributed by atoms with Crippen LogP contribution in [0.25, 0.3) is 0 Å². The number of amides is 1. The number of nitrogens with zero attached hydrogens (tertiary/aromatic N) is 4. The van der Waals surface area contributed by atoms with E-state index in [1.54, 1.807) is 7.05 Å². The van der Waals surface area contributed by atoms with E-state index in [4.69, 9.17) is 0 Å². The molecule has 0 saturated carbocycles. The molecule has 0 bridgehead atoms. The van der Waals surface area contributed by atoms with E-state index < -0.39 is 11.6 Å². The van der Waals surface area contributed by atoms with Crippen molar-refractivity contribution in [2.45, 2.75) is 20.0 Å². The molecule has 134 valence electrons. The van der Waals surface area contributed by atoms with E-state index in [2.05, 4.69) is 10.3 Å². The molecule has 0 aliphatic carbocycles. The topological polar surface area (TPSA) is 51.0 Å². The Morgan fingerprint density at radius 3 is 2.42 bits per heavy atom. The summed E-state index contributed by atoms with van der Waals surface area (Å²) in [6, 6.07) is 11.5. The van der Waals surface area contributed by atoms with Gasteiger partial charge in [0, 0.05) is 19.2 Å². The van der Waals surface area contributed by atoms with Crippen molar-refractivity contribution in [2.24, 2.45) is 0 Å². The lowest BCUT2D eigenvalue weighted by Crippen LogP contribution is -2.26. The summed E-state index contributed by atoms with van der Waals surface area (Å²) in [5, 5.41) is 7.63. The lowest BCUT2D eigenvalue weighted by atomic mass is 10.1. The van der Waals surface area contributed by atoms with Gasteiger partial charge in [0.15, 0.2) is 5.69 Å². The molecular formula is C19H18F2N4O. The number of carbonyl (C=O) groups is 1. The second kappa shape index (κ2) is 7.43. The summed E-state index contributed by atoms with van der Waals surface area (Å²) in [6.07, 6.45) is 1.39. The van der Waals surface area contributed by atoms with Gasteiger partial charge < -0.3 is 4.90 Å². The molecule has 2 aromatic carbocycles. The van der Waals surface area contributed by atoms with Crippen LogP contribution in [0.3, 0.4) is 0 Å². The fourth-order valence-electron chi connectivity index (χ4n) is 2.55. The van der Waals surface area contributed by atoms with E-state index in [9.17, 15) is 13.6 Å². The average molecular weight is 356 g/mol. The van der Waals surface area contributed by atoms with Crippen LogP contribution in [0, 0.1) is 18.6 Å². The summed E-state index contributed by atoms with van der Waals surface area (Å²) in [5.41, 5.74) is 2.14. The van der Waals surface area contributed by atoms with Gasteiger partial charge in [0.2, 0.25) is 0 Å². The molecule has 0 saturated heterocycles. The van der Waals surface area contributed by atoms with Crippen molar-refractivity contribution in [1.82, 2.24) is 19.9 Å². The number of carbonyl (C=O) groups excluding carboxylic acids is 1. The van der Waals surface area contributed by atoms with Crippen LogP contribution in [0.5, 0.6) is 0 Å². The quantitative estimate of drug-likeness (QED) is 0.705. The van der Waals surface area contributed by atoms with Crippen molar-refractivity contribution in [3.63, 3.8) is 0 Å². The van der Waals surface area contributed by atoms with E-state index in [1.807, 2.05) is 31.2 Å². The minimum absolute atomic E-state index is 0.121. The van der Waals surface area contributed by atoms with E-state index in [1.165, 1.54) is 34.0 Å². The number of benzene rings is 2. The van der Waals surface area contributed by atoms with Crippen LogP contribution in [0.1, 0.15) is 27.2 Å². The summed E-state index contributed by atoms with van der Waals surface area (Å²) in [5.74, 6) is -1.64. The first-order chi connectivity index (χ1) is 12.4. The first kappa shape index (κ1) is 17.7. The number of hydrogen-bond acceptors (Lipinski definition) is 3. The molecule has 1 amide bonds. The monoisotopic (exact) mass is 356 g/mol. The molecule has 0 spiro atoms. The number of aryl methyl sites for hydroxylation is 1. The van der Waals surface area contributed by atoms with Gasteiger partial charge >= 0.3 is 0 Å². The van der Waals surface area contributed by atoms with Crippen LogP contribution in [0.4, 0.5) is 8.78 Å². The van der Waals surface area contributed by atoms with Gasteiger partial charge in [-0.05, 0) is 24.6 Å². The smallest absolute Gasteiger partial charge is 0.276 e. The number of aromatic nitrogens is 3. The Balaban J connectivity index is 1.70. The molecule has 3 rings (SSSR count). The first-order valence-electron chi connectivity index (χ1n) is 8.08. The molecule has 5 nitrogen and oxygen atoms in total. The second-order valence-corrected chi connectivity index (χ2v) is 6.15. The van der Waals surface area contributed by atoms with E-state index >= 15 is 0 Å². The Morgan fingerprint density at radius 1 is 1.12 bits per heavy atom. The van der Waals surface area contributed by atoms with E-state index in [0.717, 1.165) is 11.1 Å². The average Bonchev–Trinajstić information content (AvgIpc) is 3.08. The molecular weight excluding hydrogens is 338 g/mol.